The van der Waals surface area contributed by atoms with Crippen LogP contribution in [0.15, 0.2) is 106 Å². The molecule has 41 heavy (non-hydrogen) atoms. The van der Waals surface area contributed by atoms with Crippen molar-refractivity contribution in [3.05, 3.63) is 140 Å². The first-order chi connectivity index (χ1) is 19.8. The van der Waals surface area contributed by atoms with E-state index < -0.39 is 11.9 Å². The number of carbonyl (C=O) groups is 2. The van der Waals surface area contributed by atoms with Gasteiger partial charge in [-0.25, -0.2) is 9.59 Å². The van der Waals surface area contributed by atoms with E-state index in [0.29, 0.717) is 11.1 Å². The maximum Gasteiger partial charge on any atom is 0.337 e. The van der Waals surface area contributed by atoms with E-state index in [4.69, 9.17) is 10.2 Å². The fraction of sp³-hybridized carbons (Fsp3) is 0.0625. The van der Waals surface area contributed by atoms with Gasteiger partial charge in [-0.15, -0.1) is 0 Å². The summed E-state index contributed by atoms with van der Waals surface area (Å²) in [5.74, 6) is -1.80. The van der Waals surface area contributed by atoms with E-state index in [1.165, 1.54) is 15.6 Å². The molecule has 0 saturated carbocycles. The lowest BCUT2D eigenvalue weighted by atomic mass is 10.1. The Morgan fingerprint density at radius 3 is 2.00 bits per heavy atom. The van der Waals surface area contributed by atoms with Crippen LogP contribution in [-0.4, -0.2) is 26.7 Å². The van der Waals surface area contributed by atoms with Gasteiger partial charge in [-0.3, -0.25) is 0 Å². The minimum absolute atomic E-state index is 0.301. The molecule has 0 saturated heterocycles. The molecule has 6 nitrogen and oxygen atoms in total. The van der Waals surface area contributed by atoms with Crippen LogP contribution in [0.3, 0.4) is 0 Å². The molecule has 5 aromatic rings. The van der Waals surface area contributed by atoms with Gasteiger partial charge in [-0.05, 0) is 53.6 Å². The van der Waals surface area contributed by atoms with Gasteiger partial charge in [0.15, 0.2) is 11.3 Å². The van der Waals surface area contributed by atoms with E-state index in [2.05, 4.69) is 76.0 Å². The van der Waals surface area contributed by atoms with Crippen molar-refractivity contribution in [3.63, 3.8) is 0 Å². The Hall–Kier alpha value is -3.75. The van der Waals surface area contributed by atoms with Crippen molar-refractivity contribution in [2.75, 3.05) is 5.32 Å². The number of rotatable bonds is 5. The van der Waals surface area contributed by atoms with Crippen molar-refractivity contribution in [1.29, 1.82) is 0 Å². The summed E-state index contributed by atoms with van der Waals surface area (Å²) in [5, 5.41) is 22.4. The molecular weight excluding hydrogens is 716 g/mol. The van der Waals surface area contributed by atoms with Crippen LogP contribution < -0.4 is 5.32 Å². The molecule has 0 atom stereocenters. The molecule has 1 aromatic heterocycles. The summed E-state index contributed by atoms with van der Waals surface area (Å²) < 4.78 is 4.35. The quantitative estimate of drug-likeness (QED) is 0.124. The maximum atomic E-state index is 11.0. The molecule has 0 radical (unpaired) electrons. The number of aromatic carboxylic acids is 2. The highest BCUT2D eigenvalue weighted by Crippen LogP contribution is 2.24. The Bertz CT molecular complexity index is 1730. The lowest BCUT2D eigenvalue weighted by Crippen LogP contribution is -1.99. The van der Waals surface area contributed by atoms with Crippen molar-refractivity contribution in [2.24, 2.45) is 0 Å². The normalized spacial score (nSPS) is 10.8. The topological polar surface area (TPSA) is 91.6 Å². The second kappa shape index (κ2) is 14.2. The van der Waals surface area contributed by atoms with Crippen LogP contribution in [0, 0.1) is 6.20 Å². The zero-order valence-corrected chi connectivity index (χ0v) is 26.3. The highest BCUT2D eigenvalue weighted by molar-refractivity contribution is 9.11. The minimum Gasteiger partial charge on any atom is -0.478 e. The van der Waals surface area contributed by atoms with Crippen LogP contribution in [0.2, 0.25) is 0 Å². The van der Waals surface area contributed by atoms with Gasteiger partial charge in [0.2, 0.25) is 0 Å². The van der Waals surface area contributed by atoms with Gasteiger partial charge in [0.1, 0.15) is 12.3 Å². The molecule has 0 bridgehead atoms. The minimum atomic E-state index is -0.905. The molecule has 0 aliphatic carbocycles. The highest BCUT2D eigenvalue weighted by atomic mass is 79.9. The van der Waals surface area contributed by atoms with Gasteiger partial charge in [0.05, 0.1) is 11.1 Å². The fourth-order valence-corrected chi connectivity index (χ4v) is 5.71. The van der Waals surface area contributed by atoms with Gasteiger partial charge in [-0.1, -0.05) is 84.2 Å². The molecule has 3 N–H and O–H groups in total. The van der Waals surface area contributed by atoms with E-state index in [0.717, 1.165) is 38.5 Å². The summed E-state index contributed by atoms with van der Waals surface area (Å²) in [4.78, 5) is 21.5. The molecule has 1 aliphatic rings. The van der Waals surface area contributed by atoms with Gasteiger partial charge in [-0.2, -0.15) is 5.32 Å². The zero-order valence-electron chi connectivity index (χ0n) is 21.5. The summed E-state index contributed by atoms with van der Waals surface area (Å²) in [6.45, 7) is 0.747. The van der Waals surface area contributed by atoms with Gasteiger partial charge in [0, 0.05) is 50.1 Å². The molecule has 2 heterocycles. The standard InChI is InChI=1S/C16H12BrNO2.C9H5NO2.C7H6Br2/c17-14-4-2-1-3-13(14)10-18-8-7-11-9-12(16(19)20)5-6-15(11)18;11-9(12)7-1-2-8-6(5-7)3-4-10-8;8-5-6-3-1-2-4-7(6)9/h1-9H,10H2,(H,19,20);1-3,5,10H;1-4H,5H2/p+1. The van der Waals surface area contributed by atoms with E-state index in [9.17, 15) is 9.59 Å². The fourth-order valence-electron chi connectivity index (χ4n) is 4.01. The highest BCUT2D eigenvalue weighted by Gasteiger charge is 2.18. The zero-order chi connectivity index (χ0) is 29.4. The van der Waals surface area contributed by atoms with Crippen molar-refractivity contribution in [2.45, 2.75) is 11.9 Å². The number of carboxylic acid groups (broad SMARTS) is 2. The third-order valence-electron chi connectivity index (χ3n) is 6.15. The number of alkyl halides is 1. The second-order valence-corrected chi connectivity index (χ2v) is 11.1. The average molecular weight is 740 g/mol. The van der Waals surface area contributed by atoms with E-state index >= 15 is 0 Å². The van der Waals surface area contributed by atoms with Gasteiger partial charge >= 0.3 is 11.9 Å². The third kappa shape index (κ3) is 7.93. The monoisotopic (exact) mass is 737 g/mol. The number of nitrogens with one attached hydrogen (secondary N) is 1. The number of aromatic nitrogens is 1. The number of nitrogens with zero attached hydrogens (tertiary/aromatic N) is 1. The summed E-state index contributed by atoms with van der Waals surface area (Å²) in [6, 6.07) is 28.3. The number of hydrogen-bond donors (Lipinski definition) is 3. The molecule has 1 aliphatic heterocycles. The van der Waals surface area contributed by atoms with E-state index in [1.807, 2.05) is 54.7 Å². The summed E-state index contributed by atoms with van der Waals surface area (Å²) in [6.07, 6.45) is 6.49. The Labute approximate surface area is 262 Å². The smallest absolute Gasteiger partial charge is 0.337 e. The maximum absolute atomic E-state index is 11.0. The number of hydrogen-bond acceptors (Lipinski definition) is 3. The average Bonchev–Trinajstić information content (AvgIpc) is 3.61. The Morgan fingerprint density at radius 1 is 0.780 bits per heavy atom. The summed E-state index contributed by atoms with van der Waals surface area (Å²) in [7, 11) is 0. The second-order valence-electron chi connectivity index (χ2n) is 8.86. The number of benzene rings is 4. The van der Waals surface area contributed by atoms with E-state index in [1.54, 1.807) is 36.4 Å². The number of carboxylic acids is 2. The predicted molar refractivity (Wildman–Crippen MR) is 174 cm³/mol. The molecular formula is C32H24Br3N2O4+. The predicted octanol–water partition coefficient (Wildman–Crippen LogP) is 9.08. The lowest BCUT2D eigenvalue weighted by Gasteiger charge is -2.08. The number of fused-ring (bicyclic) bond motifs is 2. The largest absolute Gasteiger partial charge is 0.478 e. The first kappa shape index (κ1) is 30.2. The Morgan fingerprint density at radius 2 is 1.39 bits per heavy atom. The van der Waals surface area contributed by atoms with Gasteiger partial charge < -0.3 is 14.8 Å². The van der Waals surface area contributed by atoms with Crippen LogP contribution in [-0.2, 0) is 11.9 Å². The molecule has 6 rings (SSSR count). The Balaban J connectivity index is 0.000000156. The molecule has 0 amide bonds. The first-order valence-electron chi connectivity index (χ1n) is 12.3. The molecule has 0 spiro atoms. The SMILES string of the molecule is BrCc1ccccc1Br.O=C(O)c1ccc2c(c1)C=[C+]N2.O=C(O)c1ccc2c(ccn2Cc2ccccc2Br)c1. The van der Waals surface area contributed by atoms with Crippen LogP contribution in [0.25, 0.3) is 17.0 Å². The number of anilines is 1. The van der Waals surface area contributed by atoms with Crippen molar-refractivity contribution < 1.29 is 19.8 Å². The van der Waals surface area contributed by atoms with E-state index in [-0.39, 0.29) is 0 Å². The summed E-state index contributed by atoms with van der Waals surface area (Å²) >= 11 is 10.4. The number of halogens is 3. The van der Waals surface area contributed by atoms with Crippen molar-refractivity contribution in [3.8, 4) is 0 Å². The van der Waals surface area contributed by atoms with Gasteiger partial charge in [0.25, 0.3) is 0 Å². The molecule has 0 fully saturated rings. The molecule has 0 unspecified atom stereocenters. The molecule has 9 heteroatoms. The van der Waals surface area contributed by atoms with Crippen molar-refractivity contribution >= 4 is 82.4 Å². The van der Waals surface area contributed by atoms with Crippen LogP contribution in [0.5, 0.6) is 0 Å². The molecule has 4 aromatic carbocycles. The van der Waals surface area contributed by atoms with Crippen LogP contribution >= 0.6 is 47.8 Å². The van der Waals surface area contributed by atoms with Crippen LogP contribution in [0.4, 0.5) is 5.69 Å². The van der Waals surface area contributed by atoms with Crippen molar-refractivity contribution in [1.82, 2.24) is 4.57 Å². The first-order valence-corrected chi connectivity index (χ1v) is 15.0. The lowest BCUT2D eigenvalue weighted by molar-refractivity contribution is 0.0686. The Kier molecular flexibility index (Phi) is 10.5. The summed E-state index contributed by atoms with van der Waals surface area (Å²) in [5.41, 5.74) is 5.90. The third-order valence-corrected chi connectivity index (χ3v) is 8.30. The molecule has 206 valence electrons. The van der Waals surface area contributed by atoms with Crippen LogP contribution in [0.1, 0.15) is 37.4 Å².